The number of aromatic nitrogens is 1. The first-order chi connectivity index (χ1) is 5.66. The summed E-state index contributed by atoms with van der Waals surface area (Å²) in [5, 5.41) is 0. The van der Waals surface area contributed by atoms with E-state index in [9.17, 15) is 4.79 Å². The number of nitrogens with two attached hydrogens (primary N) is 1. The normalized spacial score (nSPS) is 9.83. The van der Waals surface area contributed by atoms with Crippen LogP contribution in [0.1, 0.15) is 17.4 Å². The van der Waals surface area contributed by atoms with Gasteiger partial charge in [-0.2, -0.15) is 0 Å². The van der Waals surface area contributed by atoms with Crippen molar-refractivity contribution >= 4 is 11.7 Å². The van der Waals surface area contributed by atoms with Crippen LogP contribution in [-0.2, 0) is 11.8 Å². The highest BCUT2D eigenvalue weighted by atomic mass is 16.5. The summed E-state index contributed by atoms with van der Waals surface area (Å²) >= 11 is 0. The molecule has 0 atom stereocenters. The molecule has 0 unspecified atom stereocenters. The number of esters is 1. The largest absolute Gasteiger partial charge is 0.461 e. The van der Waals surface area contributed by atoms with Gasteiger partial charge in [-0.3, -0.25) is 0 Å². The minimum Gasteiger partial charge on any atom is -0.461 e. The zero-order valence-corrected chi connectivity index (χ0v) is 7.20. The van der Waals surface area contributed by atoms with Gasteiger partial charge in [-0.25, -0.2) is 4.79 Å². The molecule has 4 nitrogen and oxygen atoms in total. The Balaban J connectivity index is 2.93. The molecule has 0 saturated heterocycles. The Kier molecular flexibility index (Phi) is 2.38. The summed E-state index contributed by atoms with van der Waals surface area (Å²) in [6.07, 6.45) is 1.72. The maximum absolute atomic E-state index is 11.2. The second-order valence-corrected chi connectivity index (χ2v) is 2.45. The van der Waals surface area contributed by atoms with Gasteiger partial charge in [-0.05, 0) is 13.0 Å². The molecule has 0 aliphatic rings. The Labute approximate surface area is 70.9 Å². The predicted octanol–water partition coefficient (Wildman–Crippen LogP) is 0.784. The van der Waals surface area contributed by atoms with Gasteiger partial charge in [0.15, 0.2) is 5.69 Å². The molecule has 0 fully saturated rings. The number of carbonyl (C=O) groups is 1. The van der Waals surface area contributed by atoms with Crippen LogP contribution in [0.25, 0.3) is 0 Å². The lowest BCUT2D eigenvalue weighted by atomic mass is 10.4. The summed E-state index contributed by atoms with van der Waals surface area (Å²) in [6.45, 7) is 2.13. The third-order valence-electron chi connectivity index (χ3n) is 1.57. The van der Waals surface area contributed by atoms with Gasteiger partial charge in [0, 0.05) is 13.2 Å². The van der Waals surface area contributed by atoms with Gasteiger partial charge >= 0.3 is 5.97 Å². The monoisotopic (exact) mass is 168 g/mol. The van der Waals surface area contributed by atoms with E-state index in [4.69, 9.17) is 10.5 Å². The number of aryl methyl sites for hydroxylation is 1. The minimum atomic E-state index is -0.373. The van der Waals surface area contributed by atoms with Crippen molar-refractivity contribution in [3.8, 4) is 0 Å². The average Bonchev–Trinajstić information content (AvgIpc) is 2.32. The minimum absolute atomic E-state index is 0.365. The molecule has 0 amide bonds. The molecule has 0 saturated carbocycles. The van der Waals surface area contributed by atoms with Crippen molar-refractivity contribution in [3.63, 3.8) is 0 Å². The van der Waals surface area contributed by atoms with E-state index in [1.54, 1.807) is 30.8 Å². The highest BCUT2D eigenvalue weighted by Gasteiger charge is 2.13. The van der Waals surface area contributed by atoms with Gasteiger partial charge < -0.3 is 15.0 Å². The Morgan fingerprint density at radius 3 is 2.83 bits per heavy atom. The summed E-state index contributed by atoms with van der Waals surface area (Å²) in [7, 11) is 1.75. The molecular formula is C8H12N2O2. The van der Waals surface area contributed by atoms with Crippen molar-refractivity contribution in [2.75, 3.05) is 12.3 Å². The molecule has 12 heavy (non-hydrogen) atoms. The Morgan fingerprint density at radius 2 is 2.42 bits per heavy atom. The highest BCUT2D eigenvalue weighted by Crippen LogP contribution is 2.12. The summed E-state index contributed by atoms with van der Waals surface area (Å²) in [5.74, 6) is -0.373. The molecule has 4 heteroatoms. The highest BCUT2D eigenvalue weighted by molar-refractivity contribution is 5.93. The van der Waals surface area contributed by atoms with E-state index in [1.807, 2.05) is 0 Å². The van der Waals surface area contributed by atoms with Gasteiger partial charge in [-0.15, -0.1) is 0 Å². The fraction of sp³-hybridized carbons (Fsp3) is 0.375. The summed E-state index contributed by atoms with van der Waals surface area (Å²) in [5.41, 5.74) is 6.42. The fourth-order valence-corrected chi connectivity index (χ4v) is 1.01. The molecule has 0 bridgehead atoms. The molecule has 66 valence electrons. The van der Waals surface area contributed by atoms with Gasteiger partial charge in [0.25, 0.3) is 0 Å². The van der Waals surface area contributed by atoms with Gasteiger partial charge in [0.2, 0.25) is 0 Å². The van der Waals surface area contributed by atoms with E-state index in [2.05, 4.69) is 0 Å². The summed E-state index contributed by atoms with van der Waals surface area (Å²) < 4.78 is 6.45. The smallest absolute Gasteiger partial charge is 0.357 e. The average molecular weight is 168 g/mol. The zero-order valence-electron chi connectivity index (χ0n) is 7.20. The van der Waals surface area contributed by atoms with E-state index in [0.29, 0.717) is 18.0 Å². The number of nitrogens with zero attached hydrogens (tertiary/aromatic N) is 1. The van der Waals surface area contributed by atoms with Crippen LogP contribution in [0, 0.1) is 0 Å². The molecule has 1 aromatic rings. The van der Waals surface area contributed by atoms with E-state index in [1.165, 1.54) is 0 Å². The van der Waals surface area contributed by atoms with Gasteiger partial charge in [0.05, 0.1) is 12.3 Å². The number of hydrogen-bond acceptors (Lipinski definition) is 3. The van der Waals surface area contributed by atoms with Crippen molar-refractivity contribution in [2.24, 2.45) is 7.05 Å². The number of carbonyl (C=O) groups excluding carboxylic acids is 1. The van der Waals surface area contributed by atoms with E-state index >= 15 is 0 Å². The Morgan fingerprint density at radius 1 is 1.75 bits per heavy atom. The number of rotatable bonds is 2. The first-order valence-corrected chi connectivity index (χ1v) is 3.74. The van der Waals surface area contributed by atoms with Gasteiger partial charge in [-0.1, -0.05) is 0 Å². The molecule has 1 aromatic heterocycles. The van der Waals surface area contributed by atoms with Crippen LogP contribution in [0.15, 0.2) is 12.3 Å². The van der Waals surface area contributed by atoms with Crippen LogP contribution in [0.3, 0.4) is 0 Å². The molecule has 1 heterocycles. The molecule has 2 N–H and O–H groups in total. The number of nitrogen functional groups attached to an aromatic ring is 1. The van der Waals surface area contributed by atoms with Crippen molar-refractivity contribution < 1.29 is 9.53 Å². The summed E-state index contributed by atoms with van der Waals surface area (Å²) in [4.78, 5) is 11.2. The van der Waals surface area contributed by atoms with E-state index in [-0.39, 0.29) is 5.97 Å². The first kappa shape index (κ1) is 8.64. The zero-order chi connectivity index (χ0) is 9.14. The van der Waals surface area contributed by atoms with Crippen molar-refractivity contribution in [2.45, 2.75) is 6.92 Å². The van der Waals surface area contributed by atoms with Crippen LogP contribution in [0.4, 0.5) is 5.69 Å². The lowest BCUT2D eigenvalue weighted by Crippen LogP contribution is -2.11. The molecule has 0 aromatic carbocycles. The number of anilines is 1. The predicted molar refractivity (Wildman–Crippen MR) is 45.8 cm³/mol. The topological polar surface area (TPSA) is 57.2 Å². The Bertz CT molecular complexity index is 272. The molecule has 0 aliphatic carbocycles. The van der Waals surface area contributed by atoms with Crippen LogP contribution >= 0.6 is 0 Å². The maximum Gasteiger partial charge on any atom is 0.357 e. The van der Waals surface area contributed by atoms with Crippen molar-refractivity contribution in [1.82, 2.24) is 4.57 Å². The second kappa shape index (κ2) is 3.30. The third-order valence-corrected chi connectivity index (χ3v) is 1.57. The first-order valence-electron chi connectivity index (χ1n) is 3.74. The molecule has 0 radical (unpaired) electrons. The third kappa shape index (κ3) is 1.42. The van der Waals surface area contributed by atoms with E-state index in [0.717, 1.165) is 0 Å². The van der Waals surface area contributed by atoms with E-state index < -0.39 is 0 Å². The van der Waals surface area contributed by atoms with Crippen molar-refractivity contribution in [3.05, 3.63) is 18.0 Å². The van der Waals surface area contributed by atoms with Crippen LogP contribution < -0.4 is 5.73 Å². The molecule has 1 rings (SSSR count). The molecule has 0 aliphatic heterocycles. The van der Waals surface area contributed by atoms with Gasteiger partial charge in [0.1, 0.15) is 0 Å². The fourth-order valence-electron chi connectivity index (χ4n) is 1.01. The lowest BCUT2D eigenvalue weighted by Gasteiger charge is -2.03. The van der Waals surface area contributed by atoms with Crippen LogP contribution in [0.5, 0.6) is 0 Å². The Hall–Kier alpha value is -1.45. The molecular weight excluding hydrogens is 156 g/mol. The number of ether oxygens (including phenoxy) is 1. The molecule has 0 spiro atoms. The van der Waals surface area contributed by atoms with Crippen molar-refractivity contribution in [1.29, 1.82) is 0 Å². The standard InChI is InChI=1S/C8H12N2O2/c1-3-12-8(11)7-6(9)4-5-10(7)2/h4-5H,3,9H2,1-2H3. The number of hydrogen-bond donors (Lipinski definition) is 1. The van der Waals surface area contributed by atoms with Crippen LogP contribution in [-0.4, -0.2) is 17.1 Å². The summed E-state index contributed by atoms with van der Waals surface area (Å²) in [6, 6.07) is 1.67. The maximum atomic E-state index is 11.2. The quantitative estimate of drug-likeness (QED) is 0.664. The van der Waals surface area contributed by atoms with Crippen LogP contribution in [0.2, 0.25) is 0 Å². The second-order valence-electron chi connectivity index (χ2n) is 2.45. The SMILES string of the molecule is CCOC(=O)c1c(N)ccn1C. The lowest BCUT2D eigenvalue weighted by molar-refractivity contribution is 0.0516.